The normalized spacial score (nSPS) is 26.2. The van der Waals surface area contributed by atoms with E-state index in [4.69, 9.17) is 0 Å². The molecule has 0 amide bonds. The summed E-state index contributed by atoms with van der Waals surface area (Å²) in [7, 11) is 0. The Bertz CT molecular complexity index is 307. The molecule has 1 aliphatic rings. The van der Waals surface area contributed by atoms with Gasteiger partial charge in [-0.1, -0.05) is 39.2 Å². The highest BCUT2D eigenvalue weighted by Crippen LogP contribution is 2.32. The van der Waals surface area contributed by atoms with Crippen molar-refractivity contribution in [2.24, 2.45) is 5.92 Å². The first-order valence-corrected chi connectivity index (χ1v) is 8.02. The molecule has 3 atom stereocenters. The highest BCUT2D eigenvalue weighted by molar-refractivity contribution is 7.10. The van der Waals surface area contributed by atoms with Crippen LogP contribution in [0.1, 0.15) is 63.3 Å². The predicted molar refractivity (Wildman–Crippen MR) is 76.5 cm³/mol. The van der Waals surface area contributed by atoms with Gasteiger partial charge in [0.15, 0.2) is 0 Å². The third kappa shape index (κ3) is 3.32. The third-order valence-electron chi connectivity index (χ3n) is 4.06. The zero-order chi connectivity index (χ0) is 12.1. The molecule has 1 saturated carbocycles. The fourth-order valence-corrected chi connectivity index (χ4v) is 3.91. The first-order valence-electron chi connectivity index (χ1n) is 7.14. The standard InChI is InChI=1S/C15H25NS/c1-3-7-14(15-10-6-11-17-15)16-13-9-5-8-12(13)4-2/h6,10-14,16H,3-5,7-9H2,1-2H3. The van der Waals surface area contributed by atoms with Gasteiger partial charge in [-0.2, -0.15) is 0 Å². The van der Waals surface area contributed by atoms with Crippen molar-refractivity contribution in [1.82, 2.24) is 5.32 Å². The molecule has 1 N–H and O–H groups in total. The molecule has 1 aromatic rings. The van der Waals surface area contributed by atoms with Crippen molar-refractivity contribution >= 4 is 11.3 Å². The second-order valence-corrected chi connectivity index (χ2v) is 6.21. The van der Waals surface area contributed by atoms with Gasteiger partial charge in [-0.3, -0.25) is 0 Å². The minimum absolute atomic E-state index is 0.595. The Kier molecular flexibility index (Phi) is 5.05. The Labute approximate surface area is 110 Å². The van der Waals surface area contributed by atoms with E-state index in [1.54, 1.807) is 0 Å². The lowest BCUT2D eigenvalue weighted by molar-refractivity contribution is 0.342. The monoisotopic (exact) mass is 251 g/mol. The molecular weight excluding hydrogens is 226 g/mol. The van der Waals surface area contributed by atoms with E-state index in [1.807, 2.05) is 11.3 Å². The van der Waals surface area contributed by atoms with Crippen molar-refractivity contribution in [2.75, 3.05) is 0 Å². The molecule has 1 fully saturated rings. The summed E-state index contributed by atoms with van der Waals surface area (Å²) < 4.78 is 0. The lowest BCUT2D eigenvalue weighted by Gasteiger charge is -2.26. The summed E-state index contributed by atoms with van der Waals surface area (Å²) in [5.74, 6) is 0.911. The number of nitrogens with one attached hydrogen (secondary N) is 1. The van der Waals surface area contributed by atoms with Gasteiger partial charge in [0.25, 0.3) is 0 Å². The van der Waals surface area contributed by atoms with E-state index < -0.39 is 0 Å². The molecule has 1 nitrogen and oxygen atoms in total. The molecule has 1 aromatic heterocycles. The molecule has 0 radical (unpaired) electrons. The van der Waals surface area contributed by atoms with E-state index in [0.29, 0.717) is 6.04 Å². The van der Waals surface area contributed by atoms with Gasteiger partial charge in [-0.25, -0.2) is 0 Å². The van der Waals surface area contributed by atoms with Gasteiger partial charge < -0.3 is 5.32 Å². The smallest absolute Gasteiger partial charge is 0.0416 e. The second kappa shape index (κ2) is 6.55. The van der Waals surface area contributed by atoms with E-state index in [2.05, 4.69) is 36.7 Å². The molecule has 1 aliphatic carbocycles. The maximum absolute atomic E-state index is 3.93. The summed E-state index contributed by atoms with van der Waals surface area (Å²) in [6, 6.07) is 5.82. The highest BCUT2D eigenvalue weighted by atomic mass is 32.1. The van der Waals surface area contributed by atoms with Crippen LogP contribution in [0.25, 0.3) is 0 Å². The van der Waals surface area contributed by atoms with Crippen molar-refractivity contribution in [2.45, 2.75) is 64.5 Å². The maximum Gasteiger partial charge on any atom is 0.0416 e. The van der Waals surface area contributed by atoms with Gasteiger partial charge in [0.2, 0.25) is 0 Å². The minimum Gasteiger partial charge on any atom is -0.306 e. The number of thiophene rings is 1. The van der Waals surface area contributed by atoms with Crippen LogP contribution in [0, 0.1) is 5.92 Å². The van der Waals surface area contributed by atoms with Crippen molar-refractivity contribution in [3.8, 4) is 0 Å². The number of hydrogen-bond donors (Lipinski definition) is 1. The zero-order valence-corrected chi connectivity index (χ0v) is 11.9. The van der Waals surface area contributed by atoms with Crippen molar-refractivity contribution in [3.63, 3.8) is 0 Å². The van der Waals surface area contributed by atoms with Crippen molar-refractivity contribution < 1.29 is 0 Å². The van der Waals surface area contributed by atoms with Crippen LogP contribution in [0.4, 0.5) is 0 Å². The Balaban J connectivity index is 1.97. The van der Waals surface area contributed by atoms with Crippen molar-refractivity contribution in [3.05, 3.63) is 22.4 Å². The van der Waals surface area contributed by atoms with Crippen LogP contribution in [0.2, 0.25) is 0 Å². The lowest BCUT2D eigenvalue weighted by atomic mass is 9.98. The van der Waals surface area contributed by atoms with Crippen molar-refractivity contribution in [1.29, 1.82) is 0 Å². The minimum atomic E-state index is 0.595. The molecule has 3 unspecified atom stereocenters. The molecule has 2 rings (SSSR count). The van der Waals surface area contributed by atoms with E-state index in [0.717, 1.165) is 12.0 Å². The van der Waals surface area contributed by atoms with E-state index in [1.165, 1.54) is 43.4 Å². The van der Waals surface area contributed by atoms with Gasteiger partial charge in [0, 0.05) is 17.0 Å². The molecule has 1 heterocycles. The summed E-state index contributed by atoms with van der Waals surface area (Å²) in [6.07, 6.45) is 8.09. The molecule has 17 heavy (non-hydrogen) atoms. The first kappa shape index (κ1) is 13.1. The molecule has 0 saturated heterocycles. The highest BCUT2D eigenvalue weighted by Gasteiger charge is 2.27. The Morgan fingerprint density at radius 1 is 1.41 bits per heavy atom. The van der Waals surface area contributed by atoms with Crippen LogP contribution in [-0.2, 0) is 0 Å². The van der Waals surface area contributed by atoms with Gasteiger partial charge in [0.1, 0.15) is 0 Å². The average molecular weight is 251 g/mol. The van der Waals surface area contributed by atoms with Gasteiger partial charge in [0.05, 0.1) is 0 Å². The third-order valence-corrected chi connectivity index (χ3v) is 5.05. The summed E-state index contributed by atoms with van der Waals surface area (Å²) in [4.78, 5) is 1.52. The van der Waals surface area contributed by atoms with Gasteiger partial charge in [-0.15, -0.1) is 11.3 Å². The summed E-state index contributed by atoms with van der Waals surface area (Å²) in [5, 5.41) is 6.13. The van der Waals surface area contributed by atoms with E-state index >= 15 is 0 Å². The second-order valence-electron chi connectivity index (χ2n) is 5.23. The molecule has 0 aliphatic heterocycles. The summed E-state index contributed by atoms with van der Waals surface area (Å²) in [5.41, 5.74) is 0. The van der Waals surface area contributed by atoms with Gasteiger partial charge >= 0.3 is 0 Å². The van der Waals surface area contributed by atoms with Crippen LogP contribution >= 0.6 is 11.3 Å². The lowest BCUT2D eigenvalue weighted by Crippen LogP contribution is -2.35. The largest absolute Gasteiger partial charge is 0.306 e. The molecule has 2 heteroatoms. The number of hydrogen-bond acceptors (Lipinski definition) is 2. The Morgan fingerprint density at radius 3 is 2.94 bits per heavy atom. The Morgan fingerprint density at radius 2 is 2.29 bits per heavy atom. The fraction of sp³-hybridized carbons (Fsp3) is 0.733. The summed E-state index contributed by atoms with van der Waals surface area (Å²) in [6.45, 7) is 4.62. The quantitative estimate of drug-likeness (QED) is 0.769. The Hall–Kier alpha value is -0.340. The molecule has 96 valence electrons. The topological polar surface area (TPSA) is 12.0 Å². The zero-order valence-electron chi connectivity index (χ0n) is 11.1. The first-order chi connectivity index (χ1) is 8.35. The number of rotatable bonds is 6. The molecule has 0 aromatic carbocycles. The fourth-order valence-electron chi connectivity index (χ4n) is 3.09. The van der Waals surface area contributed by atoms with Crippen LogP contribution in [0.5, 0.6) is 0 Å². The summed E-state index contributed by atoms with van der Waals surface area (Å²) >= 11 is 1.90. The predicted octanol–water partition coefficient (Wildman–Crippen LogP) is 4.76. The maximum atomic E-state index is 3.93. The van der Waals surface area contributed by atoms with Crippen LogP contribution in [-0.4, -0.2) is 6.04 Å². The van der Waals surface area contributed by atoms with Crippen LogP contribution < -0.4 is 5.32 Å². The van der Waals surface area contributed by atoms with Crippen LogP contribution in [0.15, 0.2) is 17.5 Å². The SMILES string of the molecule is CCCC(NC1CCCC1CC)c1cccs1. The molecule has 0 spiro atoms. The average Bonchev–Trinajstić information content (AvgIpc) is 2.99. The molecular formula is C15H25NS. The van der Waals surface area contributed by atoms with E-state index in [-0.39, 0.29) is 0 Å². The van der Waals surface area contributed by atoms with E-state index in [9.17, 15) is 0 Å². The van der Waals surface area contributed by atoms with Gasteiger partial charge in [-0.05, 0) is 36.6 Å². The molecule has 0 bridgehead atoms. The van der Waals surface area contributed by atoms with Crippen LogP contribution in [0.3, 0.4) is 0 Å².